The lowest BCUT2D eigenvalue weighted by Gasteiger charge is -2.33. The van der Waals surface area contributed by atoms with Gasteiger partial charge in [-0.25, -0.2) is 9.59 Å². The summed E-state index contributed by atoms with van der Waals surface area (Å²) in [5, 5.41) is 9.60. The molecule has 0 spiro atoms. The Kier molecular flexibility index (Phi) is 10.1. The minimum atomic E-state index is -1.06. The maximum absolute atomic E-state index is 13.2. The first-order valence-electron chi connectivity index (χ1n) is 13.8. The number of benzene rings is 2. The second-order valence-corrected chi connectivity index (χ2v) is 10.4. The Morgan fingerprint density at radius 3 is 2.28 bits per heavy atom. The van der Waals surface area contributed by atoms with E-state index in [9.17, 15) is 19.5 Å². The van der Waals surface area contributed by atoms with E-state index in [1.807, 2.05) is 42.5 Å². The Morgan fingerprint density at radius 2 is 1.59 bits per heavy atom. The van der Waals surface area contributed by atoms with Crippen molar-refractivity contribution in [3.63, 3.8) is 0 Å². The molecule has 208 valence electrons. The fraction of sp³-hybridized carbons (Fsp3) is 0.452. The van der Waals surface area contributed by atoms with Gasteiger partial charge in [0.1, 0.15) is 18.5 Å². The number of aryl methyl sites for hydroxylation is 2. The van der Waals surface area contributed by atoms with Gasteiger partial charge in [-0.15, -0.1) is 0 Å². The number of aliphatic carboxylic acids is 1. The second kappa shape index (κ2) is 13.9. The fourth-order valence-corrected chi connectivity index (χ4v) is 5.36. The van der Waals surface area contributed by atoms with Crippen LogP contribution >= 0.6 is 0 Å². The molecule has 39 heavy (non-hydrogen) atoms. The van der Waals surface area contributed by atoms with Crippen LogP contribution in [0.5, 0.6) is 5.75 Å². The van der Waals surface area contributed by atoms with Gasteiger partial charge in [0, 0.05) is 23.6 Å². The van der Waals surface area contributed by atoms with Gasteiger partial charge in [-0.05, 0) is 81.6 Å². The maximum atomic E-state index is 13.2. The summed E-state index contributed by atoms with van der Waals surface area (Å²) >= 11 is 0. The fourth-order valence-electron chi connectivity index (χ4n) is 5.36. The van der Waals surface area contributed by atoms with E-state index in [1.165, 1.54) is 5.56 Å². The number of carboxylic acids is 1. The average molecular weight is 535 g/mol. The molecule has 3 N–H and O–H groups in total. The van der Waals surface area contributed by atoms with E-state index in [-0.39, 0.29) is 29.6 Å². The summed E-state index contributed by atoms with van der Waals surface area (Å²) in [5.74, 6) is -1.32. The minimum absolute atomic E-state index is 0.138. The van der Waals surface area contributed by atoms with Gasteiger partial charge in [-0.1, -0.05) is 48.5 Å². The highest BCUT2D eigenvalue weighted by Crippen LogP contribution is 2.27. The number of primary amides is 1. The van der Waals surface area contributed by atoms with Gasteiger partial charge in [-0.2, -0.15) is 0 Å². The van der Waals surface area contributed by atoms with Crippen molar-refractivity contribution in [3.05, 3.63) is 76.9 Å². The van der Waals surface area contributed by atoms with Gasteiger partial charge in [-0.3, -0.25) is 9.69 Å². The predicted octanol–water partition coefficient (Wildman–Crippen LogP) is 3.91. The van der Waals surface area contributed by atoms with Crippen molar-refractivity contribution in [3.8, 4) is 5.75 Å². The molecule has 4 rings (SSSR count). The number of hydrogen-bond acceptors (Lipinski definition) is 6. The van der Waals surface area contributed by atoms with Crippen LogP contribution in [-0.4, -0.2) is 60.2 Å². The van der Waals surface area contributed by atoms with Crippen molar-refractivity contribution in [2.75, 3.05) is 26.2 Å². The Balaban J connectivity index is 1.45. The van der Waals surface area contributed by atoms with Crippen molar-refractivity contribution >= 4 is 17.8 Å². The number of ether oxygens (including phenoxy) is 2. The van der Waals surface area contributed by atoms with E-state index in [0.29, 0.717) is 45.3 Å². The Morgan fingerprint density at radius 1 is 0.923 bits per heavy atom. The molecule has 1 atom stereocenters. The molecule has 0 aromatic heterocycles. The lowest BCUT2D eigenvalue weighted by Crippen LogP contribution is -2.44. The molecule has 1 heterocycles. The average Bonchev–Trinajstić information content (AvgIpc) is 2.96. The van der Waals surface area contributed by atoms with Crippen molar-refractivity contribution in [1.29, 1.82) is 0 Å². The Labute approximate surface area is 229 Å². The largest absolute Gasteiger partial charge is 0.489 e. The molecule has 1 aliphatic heterocycles. The quantitative estimate of drug-likeness (QED) is 0.396. The molecule has 0 saturated carbocycles. The Bertz CT molecular complexity index is 1170. The number of nitrogens with two attached hydrogens (primary N) is 1. The predicted molar refractivity (Wildman–Crippen MR) is 147 cm³/mol. The van der Waals surface area contributed by atoms with E-state index in [1.54, 1.807) is 0 Å². The van der Waals surface area contributed by atoms with Crippen LogP contribution in [0.1, 0.15) is 49.7 Å². The number of amides is 1. The van der Waals surface area contributed by atoms with Gasteiger partial charge >= 0.3 is 11.9 Å². The number of para-hydroxylation sites is 1. The molecular weight excluding hydrogens is 496 g/mol. The van der Waals surface area contributed by atoms with Gasteiger partial charge in [0.2, 0.25) is 5.91 Å². The SMILES string of the molecule is NC(=O)C1CCN(CC(COc2ccccc2CCc2ccccc2)OC(=O)C2=C(C(=O)O)CCCC2)CC1. The number of hydrogen-bond donors (Lipinski definition) is 2. The lowest BCUT2D eigenvalue weighted by atomic mass is 9.92. The van der Waals surface area contributed by atoms with Crippen LogP contribution in [0.4, 0.5) is 0 Å². The third-order valence-electron chi connectivity index (χ3n) is 7.62. The molecule has 2 aromatic rings. The van der Waals surface area contributed by atoms with Crippen LogP contribution in [-0.2, 0) is 32.0 Å². The van der Waals surface area contributed by atoms with Gasteiger partial charge in [0.15, 0.2) is 0 Å². The number of likely N-dealkylation sites (tertiary alicyclic amines) is 1. The molecule has 0 radical (unpaired) electrons. The first kappa shape index (κ1) is 28.4. The van der Waals surface area contributed by atoms with Crippen molar-refractivity contribution in [2.45, 2.75) is 57.5 Å². The molecule has 1 fully saturated rings. The summed E-state index contributed by atoms with van der Waals surface area (Å²) in [7, 11) is 0. The molecule has 8 nitrogen and oxygen atoms in total. The highest BCUT2D eigenvalue weighted by atomic mass is 16.6. The summed E-state index contributed by atoms with van der Waals surface area (Å²) in [6.07, 6.45) is 4.68. The molecular formula is C31H38N2O6. The summed E-state index contributed by atoms with van der Waals surface area (Å²) in [5.41, 5.74) is 8.21. The highest BCUT2D eigenvalue weighted by molar-refractivity contribution is 5.99. The summed E-state index contributed by atoms with van der Waals surface area (Å²) in [6, 6.07) is 18.1. The number of nitrogens with zero attached hydrogens (tertiary/aromatic N) is 1. The molecule has 1 saturated heterocycles. The number of carbonyl (C=O) groups is 3. The molecule has 2 aromatic carbocycles. The van der Waals surface area contributed by atoms with Gasteiger partial charge in [0.25, 0.3) is 0 Å². The molecule has 1 aliphatic carbocycles. The monoisotopic (exact) mass is 534 g/mol. The van der Waals surface area contributed by atoms with E-state index in [4.69, 9.17) is 15.2 Å². The van der Waals surface area contributed by atoms with Crippen LogP contribution in [0.2, 0.25) is 0 Å². The number of piperidine rings is 1. The van der Waals surface area contributed by atoms with E-state index >= 15 is 0 Å². The normalized spacial score (nSPS) is 17.4. The smallest absolute Gasteiger partial charge is 0.334 e. The minimum Gasteiger partial charge on any atom is -0.489 e. The number of rotatable bonds is 12. The van der Waals surface area contributed by atoms with Crippen LogP contribution in [0.15, 0.2) is 65.7 Å². The number of esters is 1. The second-order valence-electron chi connectivity index (χ2n) is 10.4. The summed E-state index contributed by atoms with van der Waals surface area (Å²) in [4.78, 5) is 38.6. The maximum Gasteiger partial charge on any atom is 0.334 e. The van der Waals surface area contributed by atoms with Gasteiger partial charge < -0.3 is 20.3 Å². The third kappa shape index (κ3) is 8.17. The topological polar surface area (TPSA) is 119 Å². The zero-order chi connectivity index (χ0) is 27.6. The molecule has 1 amide bonds. The molecule has 0 bridgehead atoms. The first-order valence-corrected chi connectivity index (χ1v) is 13.8. The zero-order valence-electron chi connectivity index (χ0n) is 22.3. The zero-order valence-corrected chi connectivity index (χ0v) is 22.3. The Hall–Kier alpha value is -3.65. The van der Waals surface area contributed by atoms with Crippen LogP contribution in [0.3, 0.4) is 0 Å². The third-order valence-corrected chi connectivity index (χ3v) is 7.62. The lowest BCUT2D eigenvalue weighted by molar-refractivity contribution is -0.148. The van der Waals surface area contributed by atoms with Crippen LogP contribution in [0.25, 0.3) is 0 Å². The molecule has 2 aliphatic rings. The number of carboxylic acid groups (broad SMARTS) is 1. The molecule has 1 unspecified atom stereocenters. The summed E-state index contributed by atoms with van der Waals surface area (Å²) < 4.78 is 12.2. The first-order chi connectivity index (χ1) is 18.9. The standard InChI is InChI=1S/C31H38N2O6/c32-29(34)24-16-18-33(19-17-24)20-25(39-31(37)27-12-6-5-11-26(27)30(35)36)21-38-28-13-7-4-10-23(28)15-14-22-8-2-1-3-9-22/h1-4,7-10,13,24-25H,5-6,11-12,14-21H2,(H2,32,34)(H,35,36). The molecule has 8 heteroatoms. The van der Waals surface area contributed by atoms with Crippen molar-refractivity contribution in [1.82, 2.24) is 4.90 Å². The van der Waals surface area contributed by atoms with E-state index in [0.717, 1.165) is 37.0 Å². The van der Waals surface area contributed by atoms with E-state index in [2.05, 4.69) is 17.0 Å². The number of carbonyl (C=O) groups excluding carboxylic acids is 2. The van der Waals surface area contributed by atoms with Crippen molar-refractivity contribution < 1.29 is 29.0 Å². The van der Waals surface area contributed by atoms with Crippen LogP contribution < -0.4 is 10.5 Å². The van der Waals surface area contributed by atoms with Crippen molar-refractivity contribution in [2.24, 2.45) is 11.7 Å². The van der Waals surface area contributed by atoms with Crippen LogP contribution in [0, 0.1) is 5.92 Å². The van der Waals surface area contributed by atoms with Gasteiger partial charge in [0.05, 0.1) is 0 Å². The van der Waals surface area contributed by atoms with E-state index < -0.39 is 18.0 Å². The highest BCUT2D eigenvalue weighted by Gasteiger charge is 2.30. The summed E-state index contributed by atoms with van der Waals surface area (Å²) in [6.45, 7) is 1.90.